The Hall–Kier alpha value is -1.58. The molecule has 2 aromatic rings. The van der Waals surface area contributed by atoms with Crippen molar-refractivity contribution in [3.05, 3.63) is 28.7 Å². The van der Waals surface area contributed by atoms with E-state index in [0.29, 0.717) is 24.1 Å². The second-order valence-electron chi connectivity index (χ2n) is 4.32. The molecule has 0 atom stereocenters. The summed E-state index contributed by atoms with van der Waals surface area (Å²) in [5, 5.41) is 11.3. The number of carbonyl (C=O) groups is 1. The summed E-state index contributed by atoms with van der Waals surface area (Å²) in [5.41, 5.74) is 0.848. The van der Waals surface area contributed by atoms with E-state index in [2.05, 4.69) is 31.4 Å². The molecule has 0 aliphatic heterocycles. The number of nitrogen functional groups attached to an aromatic ring is 1. The Morgan fingerprint density at radius 2 is 2.32 bits per heavy atom. The lowest BCUT2D eigenvalue weighted by molar-refractivity contribution is -0.118. The van der Waals surface area contributed by atoms with Crippen molar-refractivity contribution in [3.63, 3.8) is 0 Å². The highest BCUT2D eigenvalue weighted by Gasteiger charge is 2.13. The Balaban J connectivity index is 1.98. The molecule has 2 rings (SSSR count). The largest absolute Gasteiger partial charge is 0.383 e. The lowest BCUT2D eigenvalue weighted by Gasteiger charge is -2.05. The van der Waals surface area contributed by atoms with E-state index < -0.39 is 0 Å². The van der Waals surface area contributed by atoms with Gasteiger partial charge in [-0.15, -0.1) is 10.2 Å². The molecule has 1 aromatic carbocycles. The number of hydrogen-bond donors (Lipinski definition) is 2. The Morgan fingerprint density at radius 1 is 1.50 bits per heavy atom. The number of nitrogens with two attached hydrogens (primary N) is 1. The predicted octanol–water partition coefficient (Wildman–Crippen LogP) is 1.28. The van der Waals surface area contributed by atoms with Crippen molar-refractivity contribution in [2.45, 2.75) is 5.16 Å². The number of carbonyl (C=O) groups excluding carboxylic acids is 1. The van der Waals surface area contributed by atoms with Crippen LogP contribution in [0.3, 0.4) is 0 Å². The highest BCUT2D eigenvalue weighted by atomic mass is 79.9. The van der Waals surface area contributed by atoms with Crippen LogP contribution < -0.4 is 11.2 Å². The van der Waals surface area contributed by atoms with E-state index >= 15 is 0 Å². The molecule has 0 aliphatic rings. The maximum Gasteiger partial charge on any atom is 0.230 e. The molecule has 1 heterocycles. The summed E-state index contributed by atoms with van der Waals surface area (Å²) in [6.45, 7) is 0.963. The van der Waals surface area contributed by atoms with Crippen molar-refractivity contribution < 1.29 is 9.53 Å². The molecule has 0 bridgehead atoms. The van der Waals surface area contributed by atoms with Gasteiger partial charge in [0.2, 0.25) is 11.1 Å². The maximum absolute atomic E-state index is 11.6. The van der Waals surface area contributed by atoms with E-state index in [-0.39, 0.29) is 11.7 Å². The van der Waals surface area contributed by atoms with Gasteiger partial charge < -0.3 is 15.9 Å². The number of benzene rings is 1. The van der Waals surface area contributed by atoms with Crippen LogP contribution in [0.5, 0.6) is 0 Å². The molecule has 0 spiro atoms. The zero-order valence-electron chi connectivity index (χ0n) is 12.0. The van der Waals surface area contributed by atoms with Gasteiger partial charge in [0.1, 0.15) is 0 Å². The molecule has 0 saturated carbocycles. The van der Waals surface area contributed by atoms with E-state index in [4.69, 9.17) is 10.6 Å². The van der Waals surface area contributed by atoms with E-state index in [1.165, 1.54) is 16.4 Å². The summed E-state index contributed by atoms with van der Waals surface area (Å²) in [7, 11) is 1.58. The highest BCUT2D eigenvalue weighted by molar-refractivity contribution is 9.10. The normalized spacial score (nSPS) is 10.6. The molecular formula is C13H16BrN5O2S. The fraction of sp³-hybridized carbons (Fsp3) is 0.308. The number of thioether (sulfide) groups is 1. The second-order valence-corrected chi connectivity index (χ2v) is 6.18. The van der Waals surface area contributed by atoms with Gasteiger partial charge in [0.25, 0.3) is 0 Å². The summed E-state index contributed by atoms with van der Waals surface area (Å²) in [6.07, 6.45) is 0. The SMILES string of the molecule is COCCNC(=O)CSc1nnc(-c2cccc(Br)c2)n1N. The molecule has 0 fully saturated rings. The molecule has 3 N–H and O–H groups in total. The number of rotatable bonds is 7. The fourth-order valence-corrected chi connectivity index (χ4v) is 2.76. The van der Waals surface area contributed by atoms with Gasteiger partial charge in [0.05, 0.1) is 12.4 Å². The van der Waals surface area contributed by atoms with Crippen LogP contribution in [0.15, 0.2) is 33.9 Å². The molecule has 0 radical (unpaired) electrons. The zero-order valence-corrected chi connectivity index (χ0v) is 14.4. The minimum absolute atomic E-state index is 0.103. The van der Waals surface area contributed by atoms with Crippen molar-refractivity contribution in [1.29, 1.82) is 0 Å². The second kappa shape index (κ2) is 8.16. The molecule has 1 amide bonds. The van der Waals surface area contributed by atoms with Gasteiger partial charge in [-0.05, 0) is 12.1 Å². The first-order valence-corrected chi connectivity index (χ1v) is 8.24. The minimum atomic E-state index is -0.103. The quantitative estimate of drug-likeness (QED) is 0.423. The van der Waals surface area contributed by atoms with E-state index in [1.54, 1.807) is 7.11 Å². The number of amides is 1. The summed E-state index contributed by atoms with van der Waals surface area (Å²) >= 11 is 4.64. The Kier molecular flexibility index (Phi) is 6.22. The van der Waals surface area contributed by atoms with Crippen LogP contribution in [0, 0.1) is 0 Å². The monoisotopic (exact) mass is 385 g/mol. The Labute approximate surface area is 140 Å². The van der Waals surface area contributed by atoms with Gasteiger partial charge in [-0.3, -0.25) is 4.79 Å². The minimum Gasteiger partial charge on any atom is -0.383 e. The third-order valence-corrected chi connectivity index (χ3v) is 4.14. The number of hydrogen-bond acceptors (Lipinski definition) is 6. The Bertz CT molecular complexity index is 649. The number of methoxy groups -OCH3 is 1. The maximum atomic E-state index is 11.6. The third kappa shape index (κ3) is 4.46. The fourth-order valence-electron chi connectivity index (χ4n) is 1.67. The third-order valence-electron chi connectivity index (χ3n) is 2.71. The number of nitrogens with one attached hydrogen (secondary N) is 1. The van der Waals surface area contributed by atoms with Crippen molar-refractivity contribution in [3.8, 4) is 11.4 Å². The summed E-state index contributed by atoms with van der Waals surface area (Å²) in [4.78, 5) is 11.6. The highest BCUT2D eigenvalue weighted by Crippen LogP contribution is 2.23. The first kappa shape index (κ1) is 16.8. The van der Waals surface area contributed by atoms with Crippen LogP contribution >= 0.6 is 27.7 Å². The van der Waals surface area contributed by atoms with Gasteiger partial charge in [-0.2, -0.15) is 0 Å². The zero-order chi connectivity index (χ0) is 15.9. The number of aromatic nitrogens is 3. The number of halogens is 1. The first-order valence-electron chi connectivity index (χ1n) is 6.46. The summed E-state index contributed by atoms with van der Waals surface area (Å²) in [5.74, 6) is 6.66. The average molecular weight is 386 g/mol. The van der Waals surface area contributed by atoms with Crippen LogP contribution in [0.4, 0.5) is 0 Å². The number of nitrogens with zero attached hydrogens (tertiary/aromatic N) is 3. The van der Waals surface area contributed by atoms with Crippen molar-refractivity contribution in [1.82, 2.24) is 20.2 Å². The molecular weight excluding hydrogens is 370 g/mol. The van der Waals surface area contributed by atoms with Gasteiger partial charge >= 0.3 is 0 Å². The topological polar surface area (TPSA) is 95.1 Å². The molecule has 7 nitrogen and oxygen atoms in total. The smallest absolute Gasteiger partial charge is 0.230 e. The molecule has 0 aliphatic carbocycles. The standard InChI is InChI=1S/C13H16BrN5O2S/c1-21-6-5-16-11(20)8-22-13-18-17-12(19(13)15)9-3-2-4-10(14)7-9/h2-4,7H,5-6,8,15H2,1H3,(H,16,20). The van der Waals surface area contributed by atoms with E-state index in [0.717, 1.165) is 10.0 Å². The summed E-state index contributed by atoms with van der Waals surface area (Å²) in [6, 6.07) is 7.61. The van der Waals surface area contributed by atoms with E-state index in [9.17, 15) is 4.79 Å². The van der Waals surface area contributed by atoms with Crippen LogP contribution in [-0.2, 0) is 9.53 Å². The first-order chi connectivity index (χ1) is 10.6. The molecule has 0 saturated heterocycles. The van der Waals surface area contributed by atoms with Crippen LogP contribution in [0.1, 0.15) is 0 Å². The lowest BCUT2D eigenvalue weighted by atomic mass is 10.2. The molecule has 9 heteroatoms. The molecule has 1 aromatic heterocycles. The predicted molar refractivity (Wildman–Crippen MR) is 88.9 cm³/mol. The van der Waals surface area contributed by atoms with Crippen molar-refractivity contribution >= 4 is 33.6 Å². The van der Waals surface area contributed by atoms with Crippen molar-refractivity contribution in [2.24, 2.45) is 0 Å². The Morgan fingerprint density at radius 3 is 3.05 bits per heavy atom. The van der Waals surface area contributed by atoms with Gasteiger partial charge in [0, 0.05) is 23.7 Å². The molecule has 118 valence electrons. The number of ether oxygens (including phenoxy) is 1. The average Bonchev–Trinajstić information content (AvgIpc) is 2.86. The molecule has 22 heavy (non-hydrogen) atoms. The van der Waals surface area contributed by atoms with E-state index in [1.807, 2.05) is 24.3 Å². The van der Waals surface area contributed by atoms with Crippen LogP contribution in [-0.4, -0.2) is 46.8 Å². The van der Waals surface area contributed by atoms with Crippen LogP contribution in [0.2, 0.25) is 0 Å². The van der Waals surface area contributed by atoms with Gasteiger partial charge in [-0.1, -0.05) is 39.8 Å². The lowest BCUT2D eigenvalue weighted by Crippen LogP contribution is -2.28. The van der Waals surface area contributed by atoms with Crippen molar-refractivity contribution in [2.75, 3.05) is 31.9 Å². The summed E-state index contributed by atoms with van der Waals surface area (Å²) < 4.78 is 7.18. The van der Waals surface area contributed by atoms with Gasteiger partial charge in [-0.25, -0.2) is 4.68 Å². The van der Waals surface area contributed by atoms with Crippen LogP contribution in [0.25, 0.3) is 11.4 Å². The molecule has 0 unspecified atom stereocenters. The van der Waals surface area contributed by atoms with Gasteiger partial charge in [0.15, 0.2) is 5.82 Å².